The van der Waals surface area contributed by atoms with E-state index in [-0.39, 0.29) is 48.2 Å². The summed E-state index contributed by atoms with van der Waals surface area (Å²) in [5.74, 6) is 1.28. The van der Waals surface area contributed by atoms with Crippen LogP contribution >= 0.6 is 0 Å². The largest absolute Gasteiger partial charge is 0.501 e. The second kappa shape index (κ2) is 20.3. The number of benzene rings is 9. The zero-order chi connectivity index (χ0) is 53.4. The van der Waals surface area contributed by atoms with Crippen molar-refractivity contribution >= 4 is 65.3 Å². The molecule has 0 fully saturated rings. The quantitative estimate of drug-likeness (QED) is 0.123. The third-order valence-electron chi connectivity index (χ3n) is 15.3. The number of nitrogens with zero attached hydrogens (tertiary/aromatic N) is 3. The number of aromatic nitrogens is 3. The maximum atomic E-state index is 6.99. The van der Waals surface area contributed by atoms with E-state index < -0.39 is 0 Å². The molecule has 0 spiro atoms. The Bertz CT molecular complexity index is 4110. The molecule has 0 aliphatic heterocycles. The fourth-order valence-corrected chi connectivity index (χ4v) is 10.9. The van der Waals surface area contributed by atoms with Gasteiger partial charge in [0.05, 0.1) is 22.4 Å². The zero-order valence-corrected chi connectivity index (χ0v) is 49.3. The van der Waals surface area contributed by atoms with E-state index in [1.807, 2.05) is 36.5 Å². The van der Waals surface area contributed by atoms with Crippen molar-refractivity contribution in [2.75, 3.05) is 0 Å². The summed E-state index contributed by atoms with van der Waals surface area (Å²) in [4.78, 5) is 9.95. The monoisotopic (exact) mass is 1180 g/mol. The molecule has 12 aromatic rings. The smallest absolute Gasteiger partial charge is 0.121 e. The van der Waals surface area contributed by atoms with Crippen LogP contribution in [0.1, 0.15) is 130 Å². The van der Waals surface area contributed by atoms with Gasteiger partial charge in [0, 0.05) is 42.8 Å². The normalized spacial score (nSPS) is 12.4. The van der Waals surface area contributed by atoms with E-state index in [1.54, 1.807) is 0 Å². The molecular formula is C72H69IrN3O-2. The van der Waals surface area contributed by atoms with Gasteiger partial charge in [-0.05, 0) is 136 Å². The van der Waals surface area contributed by atoms with Gasteiger partial charge in [-0.1, -0.05) is 192 Å². The Balaban J connectivity index is 0.000000339. The van der Waals surface area contributed by atoms with Gasteiger partial charge in [-0.25, -0.2) is 0 Å². The van der Waals surface area contributed by atoms with Crippen molar-refractivity contribution in [3.8, 4) is 39.5 Å². The molecule has 0 aliphatic carbocycles. The molecule has 0 N–H and O–H groups in total. The van der Waals surface area contributed by atoms with E-state index in [0.29, 0.717) is 0 Å². The first-order chi connectivity index (χ1) is 36.2. The van der Waals surface area contributed by atoms with Crippen LogP contribution in [-0.4, -0.2) is 14.5 Å². The van der Waals surface area contributed by atoms with Crippen molar-refractivity contribution in [3.63, 3.8) is 0 Å². The molecule has 0 bridgehead atoms. The van der Waals surface area contributed by atoms with Crippen molar-refractivity contribution < 1.29 is 24.5 Å². The summed E-state index contributed by atoms with van der Waals surface area (Å²) in [5.41, 5.74) is 17.1. The summed E-state index contributed by atoms with van der Waals surface area (Å²) in [6.45, 7) is 29.9. The molecule has 0 saturated carbocycles. The SMILES string of the molecule is CC(C)(C)c1ccnc(-c2[c-]cccc2)c1.CC(C)c1cc(-c2cc(C(C)(C)C)cc(C(C)(C)C)c2)cc(C(C)C)c1-n1c(-c2[c-]ccc3c2oc2cc4c(ccc5ccccc54)cc23)nc2ccc3ccccc3c21.[Ir]. The molecule has 12 rings (SSSR count). The van der Waals surface area contributed by atoms with Crippen LogP contribution in [-0.2, 0) is 36.4 Å². The second-order valence-corrected chi connectivity index (χ2v) is 24.5. The molecule has 0 atom stereocenters. The Morgan fingerprint density at radius 2 is 1.09 bits per heavy atom. The van der Waals surface area contributed by atoms with Crippen LogP contribution < -0.4 is 0 Å². The minimum Gasteiger partial charge on any atom is -0.501 e. The second-order valence-electron chi connectivity index (χ2n) is 24.5. The molecule has 0 amide bonds. The van der Waals surface area contributed by atoms with Crippen LogP contribution in [0, 0.1) is 12.1 Å². The number of rotatable bonds is 6. The third-order valence-corrected chi connectivity index (χ3v) is 15.3. The minimum atomic E-state index is 0. The summed E-state index contributed by atoms with van der Waals surface area (Å²) in [6, 6.07) is 66.0. The van der Waals surface area contributed by atoms with Crippen molar-refractivity contribution in [3.05, 3.63) is 210 Å². The van der Waals surface area contributed by atoms with Gasteiger partial charge < -0.3 is 14.0 Å². The Morgan fingerprint density at radius 3 is 1.73 bits per heavy atom. The first-order valence-corrected chi connectivity index (χ1v) is 27.1. The minimum absolute atomic E-state index is 0. The standard InChI is InChI=1S/C57H53N2O.C15H16N.Ir/c1-33(2)46-29-39(38-26-40(56(5,6)7)31-41(27-38)57(8,9)10)30-47(34(3)4)52(46)59-53-43-19-14-12-17-36(43)24-25-50(53)58-55(59)45-21-15-20-44-49-28-37-23-22-35-16-11-13-18-42(35)48(37)32-51(49)60-54(44)45;1-15(2,3)13-9-10-16-14(11-13)12-7-5-4-6-8-12;/h11-20,22-34H,1-10H3;4-7,9-11H,1-3H3;/q2*-1;. The summed E-state index contributed by atoms with van der Waals surface area (Å²) in [7, 11) is 0. The maximum Gasteiger partial charge on any atom is 0.121 e. The van der Waals surface area contributed by atoms with Gasteiger partial charge in [-0.3, -0.25) is 4.98 Å². The molecule has 389 valence electrons. The molecule has 0 aliphatic rings. The first kappa shape index (κ1) is 53.2. The average Bonchev–Trinajstić information content (AvgIpc) is 4.00. The van der Waals surface area contributed by atoms with Crippen LogP contribution in [0.15, 0.2) is 174 Å². The Hall–Kier alpha value is -7.17. The summed E-state index contributed by atoms with van der Waals surface area (Å²) >= 11 is 0. The first-order valence-electron chi connectivity index (χ1n) is 27.1. The molecule has 3 aromatic heterocycles. The number of furan rings is 1. The number of fused-ring (bicyclic) bond motifs is 9. The molecule has 4 nitrogen and oxygen atoms in total. The van der Waals surface area contributed by atoms with Gasteiger partial charge in [-0.2, -0.15) is 0 Å². The Labute approximate surface area is 469 Å². The molecule has 5 heteroatoms. The van der Waals surface area contributed by atoms with Gasteiger partial charge in [0.1, 0.15) is 5.58 Å². The van der Waals surface area contributed by atoms with Gasteiger partial charge in [0.25, 0.3) is 0 Å². The van der Waals surface area contributed by atoms with E-state index in [4.69, 9.17) is 9.40 Å². The van der Waals surface area contributed by atoms with Gasteiger partial charge in [0.2, 0.25) is 0 Å². The molecule has 0 saturated heterocycles. The van der Waals surface area contributed by atoms with Crippen molar-refractivity contribution in [1.29, 1.82) is 0 Å². The van der Waals surface area contributed by atoms with Crippen LogP contribution in [0.5, 0.6) is 0 Å². The van der Waals surface area contributed by atoms with E-state index in [0.717, 1.165) is 55.6 Å². The van der Waals surface area contributed by atoms with E-state index in [1.165, 1.54) is 76.9 Å². The molecule has 0 unspecified atom stereocenters. The average molecular weight is 1180 g/mol. The number of pyridine rings is 1. The molecule has 3 heterocycles. The van der Waals surface area contributed by atoms with Crippen molar-refractivity contribution in [1.82, 2.24) is 14.5 Å². The van der Waals surface area contributed by atoms with Crippen LogP contribution in [0.3, 0.4) is 0 Å². The van der Waals surface area contributed by atoms with E-state index in [2.05, 4.69) is 245 Å². The summed E-state index contributed by atoms with van der Waals surface area (Å²) in [6.07, 6.45) is 1.87. The number of hydrogen-bond acceptors (Lipinski definition) is 3. The van der Waals surface area contributed by atoms with Crippen LogP contribution in [0.4, 0.5) is 0 Å². The summed E-state index contributed by atoms with van der Waals surface area (Å²) < 4.78 is 9.45. The van der Waals surface area contributed by atoms with Gasteiger partial charge in [0.15, 0.2) is 0 Å². The molecule has 9 aromatic carbocycles. The molecule has 1 radical (unpaired) electrons. The predicted octanol–water partition coefficient (Wildman–Crippen LogP) is 20.2. The Kier molecular flexibility index (Phi) is 14.1. The van der Waals surface area contributed by atoms with Crippen LogP contribution in [0.25, 0.3) is 105 Å². The van der Waals surface area contributed by atoms with Crippen LogP contribution in [0.2, 0.25) is 0 Å². The summed E-state index contributed by atoms with van der Waals surface area (Å²) in [5, 5.41) is 9.35. The molecular weight excluding hydrogens is 1120 g/mol. The van der Waals surface area contributed by atoms with Gasteiger partial charge >= 0.3 is 0 Å². The van der Waals surface area contributed by atoms with E-state index in [9.17, 15) is 0 Å². The zero-order valence-electron chi connectivity index (χ0n) is 46.9. The number of hydrogen-bond donors (Lipinski definition) is 0. The fourth-order valence-electron chi connectivity index (χ4n) is 10.9. The fraction of sp³-hybridized carbons (Fsp3) is 0.250. The topological polar surface area (TPSA) is 43.9 Å². The van der Waals surface area contributed by atoms with Gasteiger partial charge in [-0.15, -0.1) is 54.1 Å². The van der Waals surface area contributed by atoms with Crippen molar-refractivity contribution in [2.45, 2.75) is 118 Å². The number of imidazole rings is 1. The third kappa shape index (κ3) is 10.1. The molecule has 77 heavy (non-hydrogen) atoms. The Morgan fingerprint density at radius 1 is 0.494 bits per heavy atom. The van der Waals surface area contributed by atoms with Crippen molar-refractivity contribution in [2.24, 2.45) is 0 Å². The maximum absolute atomic E-state index is 6.99. The van der Waals surface area contributed by atoms with E-state index >= 15 is 0 Å². The predicted molar refractivity (Wildman–Crippen MR) is 323 cm³/mol.